The Morgan fingerprint density at radius 1 is 1.16 bits per heavy atom. The van der Waals surface area contributed by atoms with Crippen LogP contribution in [0.2, 0.25) is 0 Å². The standard InChI is InChI=1S/C17H28N2/c1-14-8-6-9-15(2)19(14)13-7-12-17(18)16-10-4-3-5-11-16/h3-5,10-11,14-15,17H,6-9,12-13,18H2,1-2H3. The molecule has 2 rings (SSSR count). The maximum atomic E-state index is 6.26. The smallest absolute Gasteiger partial charge is 0.0295 e. The van der Waals surface area contributed by atoms with Gasteiger partial charge in [0.15, 0.2) is 0 Å². The van der Waals surface area contributed by atoms with Crippen molar-refractivity contribution in [2.45, 2.75) is 64.1 Å². The zero-order valence-corrected chi connectivity index (χ0v) is 12.4. The van der Waals surface area contributed by atoms with Gasteiger partial charge in [0, 0.05) is 18.1 Å². The Balaban J connectivity index is 1.77. The minimum atomic E-state index is 0.191. The van der Waals surface area contributed by atoms with Crippen molar-refractivity contribution in [2.24, 2.45) is 5.73 Å². The van der Waals surface area contributed by atoms with E-state index in [2.05, 4.69) is 43.0 Å². The van der Waals surface area contributed by atoms with Crippen LogP contribution < -0.4 is 5.73 Å². The summed E-state index contributed by atoms with van der Waals surface area (Å²) in [4.78, 5) is 2.67. The van der Waals surface area contributed by atoms with E-state index in [1.54, 1.807) is 0 Å². The Morgan fingerprint density at radius 2 is 1.79 bits per heavy atom. The summed E-state index contributed by atoms with van der Waals surface area (Å²) in [7, 11) is 0. The highest BCUT2D eigenvalue weighted by Gasteiger charge is 2.23. The Morgan fingerprint density at radius 3 is 2.42 bits per heavy atom. The summed E-state index contributed by atoms with van der Waals surface area (Å²) in [5.74, 6) is 0. The van der Waals surface area contributed by atoms with Crippen molar-refractivity contribution in [1.29, 1.82) is 0 Å². The van der Waals surface area contributed by atoms with Gasteiger partial charge in [-0.15, -0.1) is 0 Å². The van der Waals surface area contributed by atoms with E-state index < -0.39 is 0 Å². The van der Waals surface area contributed by atoms with Gasteiger partial charge in [0.2, 0.25) is 0 Å². The zero-order chi connectivity index (χ0) is 13.7. The molecule has 1 saturated heterocycles. The van der Waals surface area contributed by atoms with E-state index in [0.717, 1.165) is 18.5 Å². The lowest BCUT2D eigenvalue weighted by atomic mass is 9.96. The van der Waals surface area contributed by atoms with E-state index in [0.29, 0.717) is 0 Å². The van der Waals surface area contributed by atoms with Gasteiger partial charge in [-0.25, -0.2) is 0 Å². The van der Waals surface area contributed by atoms with Crippen LogP contribution in [0.4, 0.5) is 0 Å². The third kappa shape index (κ3) is 4.05. The molecule has 2 nitrogen and oxygen atoms in total. The molecule has 2 heteroatoms. The molecule has 0 radical (unpaired) electrons. The van der Waals surface area contributed by atoms with E-state index in [9.17, 15) is 0 Å². The van der Waals surface area contributed by atoms with E-state index in [1.807, 2.05) is 6.07 Å². The van der Waals surface area contributed by atoms with Crippen molar-refractivity contribution in [3.05, 3.63) is 35.9 Å². The molecule has 1 aromatic carbocycles. The fraction of sp³-hybridized carbons (Fsp3) is 0.647. The second-order valence-electron chi connectivity index (χ2n) is 6.03. The second-order valence-corrected chi connectivity index (χ2v) is 6.03. The van der Waals surface area contributed by atoms with Crippen LogP contribution in [0.15, 0.2) is 30.3 Å². The van der Waals surface area contributed by atoms with Gasteiger partial charge >= 0.3 is 0 Å². The number of likely N-dealkylation sites (tertiary alicyclic amines) is 1. The average molecular weight is 260 g/mol. The van der Waals surface area contributed by atoms with Gasteiger partial charge in [-0.3, -0.25) is 4.90 Å². The summed E-state index contributed by atoms with van der Waals surface area (Å²) >= 11 is 0. The maximum Gasteiger partial charge on any atom is 0.0295 e. The van der Waals surface area contributed by atoms with E-state index in [4.69, 9.17) is 5.73 Å². The molecule has 1 heterocycles. The monoisotopic (exact) mass is 260 g/mol. The van der Waals surface area contributed by atoms with Crippen molar-refractivity contribution < 1.29 is 0 Å². The van der Waals surface area contributed by atoms with E-state index in [-0.39, 0.29) is 6.04 Å². The van der Waals surface area contributed by atoms with Crippen molar-refractivity contribution >= 4 is 0 Å². The van der Waals surface area contributed by atoms with Crippen LogP contribution in [0.3, 0.4) is 0 Å². The van der Waals surface area contributed by atoms with Gasteiger partial charge in [-0.2, -0.15) is 0 Å². The molecule has 3 unspecified atom stereocenters. The first-order valence-corrected chi connectivity index (χ1v) is 7.74. The van der Waals surface area contributed by atoms with E-state index in [1.165, 1.54) is 37.8 Å². The highest BCUT2D eigenvalue weighted by Crippen LogP contribution is 2.23. The lowest BCUT2D eigenvalue weighted by molar-refractivity contribution is 0.101. The lowest BCUT2D eigenvalue weighted by Gasteiger charge is -2.39. The molecule has 1 aliphatic heterocycles. The van der Waals surface area contributed by atoms with Gasteiger partial charge in [-0.1, -0.05) is 36.8 Å². The normalized spacial score (nSPS) is 26.3. The van der Waals surface area contributed by atoms with E-state index >= 15 is 0 Å². The lowest BCUT2D eigenvalue weighted by Crippen LogP contribution is -2.44. The minimum Gasteiger partial charge on any atom is -0.324 e. The molecule has 19 heavy (non-hydrogen) atoms. The van der Waals surface area contributed by atoms with Gasteiger partial charge in [0.1, 0.15) is 0 Å². The summed E-state index contributed by atoms with van der Waals surface area (Å²) in [5.41, 5.74) is 7.53. The fourth-order valence-corrected chi connectivity index (χ4v) is 3.28. The molecular formula is C17H28N2. The molecule has 0 aromatic heterocycles. The van der Waals surface area contributed by atoms with Crippen LogP contribution >= 0.6 is 0 Å². The molecule has 0 amide bonds. The van der Waals surface area contributed by atoms with Crippen LogP contribution in [0.25, 0.3) is 0 Å². The largest absolute Gasteiger partial charge is 0.324 e. The molecule has 106 valence electrons. The fourth-order valence-electron chi connectivity index (χ4n) is 3.28. The summed E-state index contributed by atoms with van der Waals surface area (Å²) in [6.45, 7) is 5.93. The maximum absolute atomic E-state index is 6.26. The number of nitrogens with zero attached hydrogens (tertiary/aromatic N) is 1. The number of hydrogen-bond acceptors (Lipinski definition) is 2. The average Bonchev–Trinajstić information content (AvgIpc) is 2.43. The van der Waals surface area contributed by atoms with Gasteiger partial charge in [-0.05, 0) is 51.6 Å². The highest BCUT2D eigenvalue weighted by molar-refractivity contribution is 5.18. The number of rotatable bonds is 5. The van der Waals surface area contributed by atoms with Crippen molar-refractivity contribution in [2.75, 3.05) is 6.54 Å². The molecule has 2 N–H and O–H groups in total. The predicted octanol–water partition coefficient (Wildman–Crippen LogP) is 3.73. The first kappa shape index (κ1) is 14.5. The van der Waals surface area contributed by atoms with Crippen LogP contribution in [-0.2, 0) is 0 Å². The summed E-state index contributed by atoms with van der Waals surface area (Å²) < 4.78 is 0. The molecule has 1 aliphatic rings. The minimum absolute atomic E-state index is 0.191. The Bertz CT molecular complexity index is 353. The van der Waals surface area contributed by atoms with Gasteiger partial charge < -0.3 is 5.73 Å². The SMILES string of the molecule is CC1CCCC(C)N1CCCC(N)c1ccccc1. The first-order chi connectivity index (χ1) is 9.18. The molecule has 0 spiro atoms. The Kier molecular flexibility index (Phi) is 5.41. The molecule has 0 bridgehead atoms. The summed E-state index contributed by atoms with van der Waals surface area (Å²) in [6.07, 6.45) is 6.39. The van der Waals surface area contributed by atoms with Crippen molar-refractivity contribution in [1.82, 2.24) is 4.90 Å². The zero-order valence-electron chi connectivity index (χ0n) is 12.4. The third-order valence-corrected chi connectivity index (χ3v) is 4.54. The van der Waals surface area contributed by atoms with Crippen molar-refractivity contribution in [3.8, 4) is 0 Å². The molecular weight excluding hydrogens is 232 g/mol. The molecule has 0 saturated carbocycles. The number of piperidine rings is 1. The quantitative estimate of drug-likeness (QED) is 0.874. The molecule has 0 aliphatic carbocycles. The van der Waals surface area contributed by atoms with Crippen LogP contribution in [0, 0.1) is 0 Å². The number of hydrogen-bond donors (Lipinski definition) is 1. The van der Waals surface area contributed by atoms with Gasteiger partial charge in [0.05, 0.1) is 0 Å². The summed E-state index contributed by atoms with van der Waals surface area (Å²) in [6, 6.07) is 12.2. The topological polar surface area (TPSA) is 29.3 Å². The predicted molar refractivity (Wildman–Crippen MR) is 82.1 cm³/mol. The van der Waals surface area contributed by atoms with Crippen LogP contribution in [0.5, 0.6) is 0 Å². The Hall–Kier alpha value is -0.860. The van der Waals surface area contributed by atoms with Crippen molar-refractivity contribution in [3.63, 3.8) is 0 Å². The summed E-state index contributed by atoms with van der Waals surface area (Å²) in [5, 5.41) is 0. The van der Waals surface area contributed by atoms with Crippen LogP contribution in [0.1, 0.15) is 57.6 Å². The van der Waals surface area contributed by atoms with Gasteiger partial charge in [0.25, 0.3) is 0 Å². The second kappa shape index (κ2) is 7.06. The first-order valence-electron chi connectivity index (χ1n) is 7.74. The third-order valence-electron chi connectivity index (χ3n) is 4.54. The van der Waals surface area contributed by atoms with Crippen LogP contribution in [-0.4, -0.2) is 23.5 Å². The molecule has 1 aromatic rings. The highest BCUT2D eigenvalue weighted by atomic mass is 15.2. The molecule has 1 fully saturated rings. The molecule has 3 atom stereocenters. The Labute approximate surface area is 118 Å². The number of benzene rings is 1. The number of nitrogens with two attached hydrogens (primary N) is 1.